The zero-order valence-electron chi connectivity index (χ0n) is 7.13. The molecule has 0 spiro atoms. The number of rotatable bonds is 1. The number of hydrogen-bond donors (Lipinski definition) is 1. The summed E-state index contributed by atoms with van der Waals surface area (Å²) in [6, 6.07) is 12.4. The number of anilines is 1. The lowest BCUT2D eigenvalue weighted by Gasteiger charge is -2.04. The van der Waals surface area contributed by atoms with E-state index in [9.17, 15) is 0 Å². The fourth-order valence-electron chi connectivity index (χ4n) is 1.42. The Balaban J connectivity index is 2.74. The highest BCUT2D eigenvalue weighted by Gasteiger charge is 1.99. The molecule has 2 N–H and O–H groups in total. The van der Waals surface area contributed by atoms with Crippen molar-refractivity contribution in [1.82, 2.24) is 0 Å². The molecule has 0 aliphatic rings. The van der Waals surface area contributed by atoms with Gasteiger partial charge in [0.1, 0.15) is 0 Å². The topological polar surface area (TPSA) is 26.0 Å². The van der Waals surface area contributed by atoms with E-state index in [2.05, 4.69) is 34.1 Å². The molecule has 0 saturated heterocycles. The first kappa shape index (κ1) is 8.57. The minimum atomic E-state index is 0.809. The van der Waals surface area contributed by atoms with E-state index in [0.29, 0.717) is 0 Å². The SMILES string of the molecule is Nc1cc2ccccc2cc1CBr. The Morgan fingerprint density at radius 1 is 1.08 bits per heavy atom. The van der Waals surface area contributed by atoms with Gasteiger partial charge in [-0.25, -0.2) is 0 Å². The molecule has 0 amide bonds. The van der Waals surface area contributed by atoms with E-state index in [-0.39, 0.29) is 0 Å². The van der Waals surface area contributed by atoms with Crippen molar-refractivity contribution in [2.75, 3.05) is 5.73 Å². The van der Waals surface area contributed by atoms with E-state index in [1.54, 1.807) is 0 Å². The maximum absolute atomic E-state index is 5.87. The standard InChI is InChI=1S/C11H10BrN/c12-7-10-5-8-3-1-2-4-9(8)6-11(10)13/h1-6H,7,13H2. The quantitative estimate of drug-likeness (QED) is 0.596. The molecule has 0 aliphatic heterocycles. The molecule has 2 aromatic carbocycles. The number of nitrogens with two attached hydrogens (primary N) is 1. The summed E-state index contributed by atoms with van der Waals surface area (Å²) in [6.45, 7) is 0. The fraction of sp³-hybridized carbons (Fsp3) is 0.0909. The molecule has 0 fully saturated rings. The van der Waals surface area contributed by atoms with Crippen LogP contribution in [0.1, 0.15) is 5.56 Å². The van der Waals surface area contributed by atoms with Crippen molar-refractivity contribution < 1.29 is 0 Å². The van der Waals surface area contributed by atoms with Crippen LogP contribution in [0.3, 0.4) is 0 Å². The van der Waals surface area contributed by atoms with Crippen LogP contribution < -0.4 is 5.73 Å². The summed E-state index contributed by atoms with van der Waals surface area (Å²) in [5, 5.41) is 3.25. The largest absolute Gasteiger partial charge is 0.398 e. The van der Waals surface area contributed by atoms with Gasteiger partial charge in [-0.15, -0.1) is 0 Å². The molecule has 13 heavy (non-hydrogen) atoms. The van der Waals surface area contributed by atoms with Crippen LogP contribution in [0.5, 0.6) is 0 Å². The van der Waals surface area contributed by atoms with Gasteiger partial charge in [-0.05, 0) is 28.5 Å². The number of halogens is 1. The van der Waals surface area contributed by atoms with Gasteiger partial charge in [0.25, 0.3) is 0 Å². The van der Waals surface area contributed by atoms with Crippen molar-refractivity contribution >= 4 is 32.4 Å². The van der Waals surface area contributed by atoms with E-state index in [4.69, 9.17) is 5.73 Å². The molecule has 0 atom stereocenters. The average molecular weight is 236 g/mol. The molecule has 2 aromatic rings. The van der Waals surface area contributed by atoms with Crippen molar-refractivity contribution in [2.24, 2.45) is 0 Å². The zero-order chi connectivity index (χ0) is 9.26. The molecule has 2 rings (SSSR count). The van der Waals surface area contributed by atoms with Crippen LogP contribution in [-0.2, 0) is 5.33 Å². The summed E-state index contributed by atoms with van der Waals surface area (Å²) in [5.41, 5.74) is 7.88. The Morgan fingerprint density at radius 3 is 2.31 bits per heavy atom. The molecule has 2 heteroatoms. The first-order valence-electron chi connectivity index (χ1n) is 4.14. The molecular weight excluding hydrogens is 226 g/mol. The van der Waals surface area contributed by atoms with E-state index < -0.39 is 0 Å². The molecule has 0 radical (unpaired) electrons. The summed E-state index contributed by atoms with van der Waals surface area (Å²) in [7, 11) is 0. The van der Waals surface area contributed by atoms with Crippen LogP contribution >= 0.6 is 15.9 Å². The van der Waals surface area contributed by atoms with Gasteiger partial charge < -0.3 is 5.73 Å². The molecule has 0 unspecified atom stereocenters. The summed E-state index contributed by atoms with van der Waals surface area (Å²) in [4.78, 5) is 0. The second-order valence-corrected chi connectivity index (χ2v) is 3.59. The summed E-state index contributed by atoms with van der Waals surface area (Å²) in [6.07, 6.45) is 0. The summed E-state index contributed by atoms with van der Waals surface area (Å²) < 4.78 is 0. The minimum absolute atomic E-state index is 0.809. The molecule has 0 aliphatic carbocycles. The van der Waals surface area contributed by atoms with Crippen molar-refractivity contribution in [3.05, 3.63) is 42.0 Å². The van der Waals surface area contributed by atoms with Crippen molar-refractivity contribution in [3.63, 3.8) is 0 Å². The molecule has 1 nitrogen and oxygen atoms in total. The van der Waals surface area contributed by atoms with Gasteiger partial charge in [0.15, 0.2) is 0 Å². The van der Waals surface area contributed by atoms with Crippen molar-refractivity contribution in [3.8, 4) is 0 Å². The third kappa shape index (κ3) is 1.54. The summed E-state index contributed by atoms with van der Waals surface area (Å²) >= 11 is 3.41. The zero-order valence-corrected chi connectivity index (χ0v) is 8.71. The first-order valence-corrected chi connectivity index (χ1v) is 5.26. The maximum atomic E-state index is 5.87. The normalized spacial score (nSPS) is 10.5. The first-order chi connectivity index (χ1) is 6.31. The van der Waals surface area contributed by atoms with Gasteiger partial charge in [0.05, 0.1) is 0 Å². The monoisotopic (exact) mass is 235 g/mol. The maximum Gasteiger partial charge on any atom is 0.0361 e. The number of hydrogen-bond acceptors (Lipinski definition) is 1. The number of nitrogen functional groups attached to an aromatic ring is 1. The Morgan fingerprint density at radius 2 is 1.69 bits per heavy atom. The van der Waals surface area contributed by atoms with E-state index >= 15 is 0 Å². The molecule has 0 saturated carbocycles. The Kier molecular flexibility index (Phi) is 2.23. The van der Waals surface area contributed by atoms with E-state index in [1.807, 2.05) is 18.2 Å². The van der Waals surface area contributed by atoms with Gasteiger partial charge in [0, 0.05) is 11.0 Å². The average Bonchev–Trinajstić information content (AvgIpc) is 2.17. The minimum Gasteiger partial charge on any atom is -0.398 e. The molecule has 0 aromatic heterocycles. The van der Waals surface area contributed by atoms with Crippen LogP contribution in [0.2, 0.25) is 0 Å². The predicted octanol–water partition coefficient (Wildman–Crippen LogP) is 3.32. The Hall–Kier alpha value is -1.02. The van der Waals surface area contributed by atoms with Crippen LogP contribution in [0.25, 0.3) is 10.8 Å². The number of fused-ring (bicyclic) bond motifs is 1. The Bertz CT molecular complexity index is 437. The highest BCUT2D eigenvalue weighted by atomic mass is 79.9. The third-order valence-corrected chi connectivity index (χ3v) is 2.76. The lowest BCUT2D eigenvalue weighted by atomic mass is 10.1. The molecule has 66 valence electrons. The van der Waals surface area contributed by atoms with E-state index in [0.717, 1.165) is 16.6 Å². The van der Waals surface area contributed by atoms with Gasteiger partial charge in [-0.2, -0.15) is 0 Å². The van der Waals surface area contributed by atoms with Gasteiger partial charge in [-0.3, -0.25) is 0 Å². The van der Waals surface area contributed by atoms with Gasteiger partial charge in [-0.1, -0.05) is 40.2 Å². The predicted molar refractivity (Wildman–Crippen MR) is 61.0 cm³/mol. The third-order valence-electron chi connectivity index (χ3n) is 2.15. The highest BCUT2D eigenvalue weighted by Crippen LogP contribution is 2.23. The summed E-state index contributed by atoms with van der Waals surface area (Å²) in [5.74, 6) is 0. The fourth-order valence-corrected chi connectivity index (χ4v) is 1.91. The van der Waals surface area contributed by atoms with Crippen LogP contribution in [0.15, 0.2) is 36.4 Å². The lowest BCUT2D eigenvalue weighted by Crippen LogP contribution is -1.91. The van der Waals surface area contributed by atoms with Crippen molar-refractivity contribution in [1.29, 1.82) is 0 Å². The molecule has 0 bridgehead atoms. The van der Waals surface area contributed by atoms with Gasteiger partial charge >= 0.3 is 0 Å². The second kappa shape index (κ2) is 3.38. The van der Waals surface area contributed by atoms with Crippen LogP contribution in [0, 0.1) is 0 Å². The highest BCUT2D eigenvalue weighted by molar-refractivity contribution is 9.08. The van der Waals surface area contributed by atoms with Crippen LogP contribution in [0.4, 0.5) is 5.69 Å². The number of alkyl halides is 1. The smallest absolute Gasteiger partial charge is 0.0361 e. The lowest BCUT2D eigenvalue weighted by molar-refractivity contribution is 1.46. The Labute approximate surface area is 85.7 Å². The van der Waals surface area contributed by atoms with E-state index in [1.165, 1.54) is 10.8 Å². The second-order valence-electron chi connectivity index (χ2n) is 3.03. The van der Waals surface area contributed by atoms with Crippen molar-refractivity contribution in [2.45, 2.75) is 5.33 Å². The molecular formula is C11H10BrN. The molecule has 0 heterocycles. The van der Waals surface area contributed by atoms with Crippen LogP contribution in [-0.4, -0.2) is 0 Å². The van der Waals surface area contributed by atoms with Gasteiger partial charge in [0.2, 0.25) is 0 Å². The number of benzene rings is 2.